The Morgan fingerprint density at radius 1 is 1.00 bits per heavy atom. The van der Waals surface area contributed by atoms with Crippen LogP contribution in [-0.2, 0) is 4.79 Å². The van der Waals surface area contributed by atoms with Crippen LogP contribution < -0.4 is 26.1 Å². The van der Waals surface area contributed by atoms with Crippen molar-refractivity contribution in [3.8, 4) is 22.6 Å². The minimum absolute atomic E-state index is 0.152. The molecule has 3 aromatic rings. The van der Waals surface area contributed by atoms with E-state index in [0.717, 1.165) is 22.4 Å². The van der Waals surface area contributed by atoms with Gasteiger partial charge in [-0.1, -0.05) is 18.2 Å². The lowest BCUT2D eigenvalue weighted by atomic mass is 9.99. The maximum Gasteiger partial charge on any atom is 0.294 e. The number of hydrogen-bond donors (Lipinski definition) is 3. The number of hydrogen-bond acceptors (Lipinski definition) is 7. The molecule has 4 rings (SSSR count). The average molecular weight is 429 g/mol. The third kappa shape index (κ3) is 4.11. The molecule has 0 saturated carbocycles. The fourth-order valence-corrected chi connectivity index (χ4v) is 3.43. The van der Waals surface area contributed by atoms with Gasteiger partial charge in [0.1, 0.15) is 17.2 Å². The lowest BCUT2D eigenvalue weighted by Gasteiger charge is -2.11. The van der Waals surface area contributed by atoms with Crippen molar-refractivity contribution in [2.45, 2.75) is 6.92 Å². The molecular formula is C24H23N5O3. The zero-order valence-electron chi connectivity index (χ0n) is 18.0. The average Bonchev–Trinajstić information content (AvgIpc) is 3.18. The first kappa shape index (κ1) is 20.9. The third-order valence-corrected chi connectivity index (χ3v) is 5.10. The first-order valence-electron chi connectivity index (χ1n) is 9.91. The summed E-state index contributed by atoms with van der Waals surface area (Å²) in [4.78, 5) is 12.4. The molecule has 4 N–H and O–H groups in total. The van der Waals surface area contributed by atoms with E-state index in [2.05, 4.69) is 21.1 Å². The van der Waals surface area contributed by atoms with Gasteiger partial charge >= 0.3 is 0 Å². The third-order valence-electron chi connectivity index (χ3n) is 5.10. The highest BCUT2D eigenvalue weighted by atomic mass is 16.5. The molecule has 3 aromatic carbocycles. The number of carbonyl (C=O) groups excluding carboxylic acids is 1. The van der Waals surface area contributed by atoms with Crippen LogP contribution in [0.2, 0.25) is 0 Å². The fraction of sp³-hybridized carbons (Fsp3) is 0.125. The highest BCUT2D eigenvalue weighted by Gasteiger charge is 2.28. The summed E-state index contributed by atoms with van der Waals surface area (Å²) in [7, 11) is 3.12. The smallest absolute Gasteiger partial charge is 0.294 e. The Balaban J connectivity index is 1.65. The number of aryl methyl sites for hydroxylation is 1. The summed E-state index contributed by atoms with van der Waals surface area (Å²) in [5.41, 5.74) is 17.1. The number of nitrogens with one attached hydrogen (secondary N) is 2. The van der Waals surface area contributed by atoms with Crippen LogP contribution in [0.25, 0.3) is 11.1 Å². The van der Waals surface area contributed by atoms with Crippen molar-refractivity contribution in [3.63, 3.8) is 0 Å². The van der Waals surface area contributed by atoms with E-state index in [1.807, 2.05) is 49.4 Å². The molecule has 0 fully saturated rings. The van der Waals surface area contributed by atoms with E-state index in [4.69, 9.17) is 15.2 Å². The molecule has 0 radical (unpaired) electrons. The van der Waals surface area contributed by atoms with Gasteiger partial charge in [0.15, 0.2) is 5.71 Å². The van der Waals surface area contributed by atoms with Crippen LogP contribution in [-0.4, -0.2) is 31.6 Å². The Morgan fingerprint density at radius 3 is 2.59 bits per heavy atom. The Bertz CT molecular complexity index is 1250. The molecule has 1 heterocycles. The molecule has 8 heteroatoms. The molecule has 0 bridgehead atoms. The largest absolute Gasteiger partial charge is 0.497 e. The summed E-state index contributed by atoms with van der Waals surface area (Å²) in [6.07, 6.45) is 0. The van der Waals surface area contributed by atoms with Crippen molar-refractivity contribution < 1.29 is 14.3 Å². The highest BCUT2D eigenvalue weighted by molar-refractivity contribution is 6.72. The van der Waals surface area contributed by atoms with Gasteiger partial charge in [-0.25, -0.2) is 5.43 Å². The number of benzene rings is 3. The topological polar surface area (TPSA) is 110 Å². The zero-order chi connectivity index (χ0) is 22.7. The first-order chi connectivity index (χ1) is 15.5. The van der Waals surface area contributed by atoms with E-state index in [-0.39, 0.29) is 5.71 Å². The van der Waals surface area contributed by atoms with Gasteiger partial charge in [-0.3, -0.25) is 10.2 Å². The second-order valence-corrected chi connectivity index (χ2v) is 7.19. The van der Waals surface area contributed by atoms with Gasteiger partial charge in [0, 0.05) is 17.3 Å². The second-order valence-electron chi connectivity index (χ2n) is 7.19. The number of anilines is 2. The Kier molecular flexibility index (Phi) is 5.76. The molecule has 1 amide bonds. The maximum atomic E-state index is 12.4. The molecule has 0 atom stereocenters. The molecule has 1 aliphatic heterocycles. The number of nitrogen functional groups attached to an aromatic ring is 1. The van der Waals surface area contributed by atoms with E-state index in [9.17, 15) is 4.79 Å². The second kappa shape index (κ2) is 8.81. The van der Waals surface area contributed by atoms with E-state index in [0.29, 0.717) is 28.5 Å². The number of rotatable bonds is 6. The summed E-state index contributed by atoms with van der Waals surface area (Å²) in [5.74, 6) is 0.744. The maximum absolute atomic E-state index is 12.4. The molecule has 0 spiro atoms. The Labute approximate surface area is 185 Å². The predicted octanol–water partition coefficient (Wildman–Crippen LogP) is 3.56. The van der Waals surface area contributed by atoms with Crippen LogP contribution in [0.15, 0.2) is 70.9 Å². The summed E-state index contributed by atoms with van der Waals surface area (Å²) in [6.45, 7) is 2.03. The molecule has 1 aliphatic rings. The first-order valence-corrected chi connectivity index (χ1v) is 9.91. The van der Waals surface area contributed by atoms with Crippen LogP contribution in [0.3, 0.4) is 0 Å². The van der Waals surface area contributed by atoms with Crippen molar-refractivity contribution in [1.29, 1.82) is 0 Å². The molecule has 162 valence electrons. The molecule has 32 heavy (non-hydrogen) atoms. The molecule has 0 unspecified atom stereocenters. The van der Waals surface area contributed by atoms with Crippen molar-refractivity contribution in [2.24, 2.45) is 10.2 Å². The molecule has 0 aliphatic carbocycles. The van der Waals surface area contributed by atoms with Crippen molar-refractivity contribution in [1.82, 2.24) is 5.43 Å². The monoisotopic (exact) mass is 429 g/mol. The van der Waals surface area contributed by atoms with E-state index in [1.165, 1.54) is 0 Å². The zero-order valence-corrected chi connectivity index (χ0v) is 18.0. The Morgan fingerprint density at radius 2 is 1.84 bits per heavy atom. The summed E-state index contributed by atoms with van der Waals surface area (Å²) in [5, 5.41) is 8.49. The minimum Gasteiger partial charge on any atom is -0.497 e. The van der Waals surface area contributed by atoms with Gasteiger partial charge in [-0.2, -0.15) is 10.2 Å². The quantitative estimate of drug-likeness (QED) is 0.410. The van der Waals surface area contributed by atoms with E-state index in [1.54, 1.807) is 32.4 Å². The van der Waals surface area contributed by atoms with Crippen molar-refractivity contribution in [2.75, 3.05) is 25.4 Å². The summed E-state index contributed by atoms with van der Waals surface area (Å²) >= 11 is 0. The fourth-order valence-electron chi connectivity index (χ4n) is 3.43. The van der Waals surface area contributed by atoms with Gasteiger partial charge in [0.25, 0.3) is 5.91 Å². The number of carbonyl (C=O) groups is 1. The highest BCUT2D eigenvalue weighted by Crippen LogP contribution is 2.29. The van der Waals surface area contributed by atoms with E-state index >= 15 is 0 Å². The lowest BCUT2D eigenvalue weighted by Crippen LogP contribution is -2.25. The summed E-state index contributed by atoms with van der Waals surface area (Å²) < 4.78 is 10.7. The van der Waals surface area contributed by atoms with Gasteiger partial charge < -0.3 is 15.2 Å². The summed E-state index contributed by atoms with van der Waals surface area (Å²) in [6, 6.07) is 18.8. The van der Waals surface area contributed by atoms with Gasteiger partial charge in [-0.15, -0.1) is 0 Å². The number of nitrogens with two attached hydrogens (primary N) is 1. The molecule has 0 saturated heterocycles. The number of ether oxygens (including phenoxy) is 2. The predicted molar refractivity (Wildman–Crippen MR) is 126 cm³/mol. The van der Waals surface area contributed by atoms with Crippen LogP contribution >= 0.6 is 0 Å². The molecule has 0 aromatic heterocycles. The van der Waals surface area contributed by atoms with E-state index < -0.39 is 5.91 Å². The van der Waals surface area contributed by atoms with Crippen LogP contribution in [0, 0.1) is 6.92 Å². The van der Waals surface area contributed by atoms with Crippen LogP contribution in [0.4, 0.5) is 11.4 Å². The van der Waals surface area contributed by atoms with Crippen molar-refractivity contribution >= 4 is 28.7 Å². The van der Waals surface area contributed by atoms with Gasteiger partial charge in [0.2, 0.25) is 0 Å². The standard InChI is InChI=1S/C24H23N5O3/c1-14-7-8-17(12-20(14)15-5-4-6-16(25)11-15)26-28-23-22(27-29-24(23)30)19-10-9-18(31-2)13-21(19)32-3/h4-13,26H,25H2,1-3H3,(H,28,29,30). The number of amides is 1. The number of nitrogens with zero attached hydrogens (tertiary/aromatic N) is 2. The number of methoxy groups -OCH3 is 2. The van der Waals surface area contributed by atoms with Crippen LogP contribution in [0.5, 0.6) is 11.5 Å². The molecular weight excluding hydrogens is 406 g/mol. The Hall–Kier alpha value is -4.33. The minimum atomic E-state index is -0.409. The van der Waals surface area contributed by atoms with Crippen molar-refractivity contribution in [3.05, 3.63) is 71.8 Å². The molecule has 8 nitrogen and oxygen atoms in total. The normalized spacial score (nSPS) is 14.2. The lowest BCUT2D eigenvalue weighted by molar-refractivity contribution is -0.114. The van der Waals surface area contributed by atoms with Crippen LogP contribution in [0.1, 0.15) is 11.1 Å². The number of hydrazone groups is 2. The van der Waals surface area contributed by atoms with Gasteiger partial charge in [-0.05, 0) is 60.0 Å². The van der Waals surface area contributed by atoms with Gasteiger partial charge in [0.05, 0.1) is 19.9 Å². The SMILES string of the molecule is COc1ccc(C2=NNC(=O)/C2=N/Nc2ccc(C)c(-c3cccc(N)c3)c2)c(OC)c1.